The molecular formula is C18H29NO2. The van der Waals surface area contributed by atoms with Crippen molar-refractivity contribution in [3.8, 4) is 5.75 Å². The molecule has 2 rings (SSSR count). The summed E-state index contributed by atoms with van der Waals surface area (Å²) in [4.78, 5) is 0. The fourth-order valence-corrected chi connectivity index (χ4v) is 2.78. The minimum Gasteiger partial charge on any atom is -0.491 e. The SMILES string of the molecule is CC(C)CNCc1ccc(OCC2(O)CCCCC2)cc1. The maximum Gasteiger partial charge on any atom is 0.119 e. The predicted molar refractivity (Wildman–Crippen MR) is 86.5 cm³/mol. The lowest BCUT2D eigenvalue weighted by molar-refractivity contribution is -0.0339. The summed E-state index contributed by atoms with van der Waals surface area (Å²) < 4.78 is 5.78. The van der Waals surface area contributed by atoms with E-state index in [0.717, 1.165) is 44.5 Å². The Morgan fingerprint density at radius 3 is 2.43 bits per heavy atom. The zero-order chi connectivity index (χ0) is 15.1. The van der Waals surface area contributed by atoms with Gasteiger partial charge in [0.1, 0.15) is 12.4 Å². The van der Waals surface area contributed by atoms with Crippen LogP contribution in [0.4, 0.5) is 0 Å². The van der Waals surface area contributed by atoms with E-state index in [9.17, 15) is 5.11 Å². The van der Waals surface area contributed by atoms with Gasteiger partial charge in [-0.25, -0.2) is 0 Å². The Hall–Kier alpha value is -1.06. The molecule has 0 amide bonds. The maximum atomic E-state index is 10.4. The predicted octanol–water partition coefficient (Wildman–Crippen LogP) is 3.51. The first-order chi connectivity index (χ1) is 10.1. The van der Waals surface area contributed by atoms with Gasteiger partial charge in [-0.1, -0.05) is 45.2 Å². The quantitative estimate of drug-likeness (QED) is 0.808. The number of ether oxygens (including phenoxy) is 1. The number of hydrogen-bond acceptors (Lipinski definition) is 3. The number of aliphatic hydroxyl groups is 1. The molecule has 1 aromatic rings. The van der Waals surface area contributed by atoms with Gasteiger partial charge in [-0.15, -0.1) is 0 Å². The zero-order valence-electron chi connectivity index (χ0n) is 13.4. The summed E-state index contributed by atoms with van der Waals surface area (Å²) in [7, 11) is 0. The Bertz CT molecular complexity index is 408. The number of nitrogens with one attached hydrogen (secondary N) is 1. The van der Waals surface area contributed by atoms with Crippen molar-refractivity contribution in [2.75, 3.05) is 13.2 Å². The highest BCUT2D eigenvalue weighted by Gasteiger charge is 2.29. The molecule has 118 valence electrons. The third-order valence-corrected chi connectivity index (χ3v) is 4.10. The van der Waals surface area contributed by atoms with Crippen LogP contribution < -0.4 is 10.1 Å². The van der Waals surface area contributed by atoms with Crippen molar-refractivity contribution in [3.63, 3.8) is 0 Å². The molecule has 3 nitrogen and oxygen atoms in total. The van der Waals surface area contributed by atoms with Gasteiger partial charge in [0.25, 0.3) is 0 Å². The van der Waals surface area contributed by atoms with Crippen molar-refractivity contribution in [1.82, 2.24) is 5.32 Å². The molecule has 0 spiro atoms. The van der Waals surface area contributed by atoms with E-state index >= 15 is 0 Å². The van der Waals surface area contributed by atoms with Crippen molar-refractivity contribution < 1.29 is 9.84 Å². The van der Waals surface area contributed by atoms with Crippen molar-refractivity contribution >= 4 is 0 Å². The van der Waals surface area contributed by atoms with E-state index in [2.05, 4.69) is 31.3 Å². The molecule has 1 fully saturated rings. The highest BCUT2D eigenvalue weighted by atomic mass is 16.5. The lowest BCUT2D eigenvalue weighted by atomic mass is 9.85. The van der Waals surface area contributed by atoms with E-state index in [1.165, 1.54) is 12.0 Å². The van der Waals surface area contributed by atoms with Crippen LogP contribution in [0.2, 0.25) is 0 Å². The Kier molecular flexibility index (Phi) is 6.07. The Morgan fingerprint density at radius 2 is 1.81 bits per heavy atom. The molecule has 0 unspecified atom stereocenters. The summed E-state index contributed by atoms with van der Waals surface area (Å²) in [5.74, 6) is 1.52. The second-order valence-electron chi connectivity index (χ2n) is 6.74. The van der Waals surface area contributed by atoms with Crippen LogP contribution in [0.15, 0.2) is 24.3 Å². The van der Waals surface area contributed by atoms with Gasteiger partial charge < -0.3 is 15.2 Å². The lowest BCUT2D eigenvalue weighted by Crippen LogP contribution is -2.37. The summed E-state index contributed by atoms with van der Waals surface area (Å²) >= 11 is 0. The van der Waals surface area contributed by atoms with Gasteiger partial charge in [0.2, 0.25) is 0 Å². The van der Waals surface area contributed by atoms with Crippen LogP contribution in [-0.2, 0) is 6.54 Å². The monoisotopic (exact) mass is 291 g/mol. The molecule has 0 radical (unpaired) electrons. The lowest BCUT2D eigenvalue weighted by Gasteiger charge is -2.31. The van der Waals surface area contributed by atoms with Crippen LogP contribution in [0.3, 0.4) is 0 Å². The van der Waals surface area contributed by atoms with Gasteiger partial charge >= 0.3 is 0 Å². The van der Waals surface area contributed by atoms with Crippen molar-refractivity contribution in [2.24, 2.45) is 5.92 Å². The van der Waals surface area contributed by atoms with Gasteiger partial charge in [0, 0.05) is 6.54 Å². The molecule has 0 aliphatic heterocycles. The topological polar surface area (TPSA) is 41.5 Å². The number of benzene rings is 1. The number of hydrogen-bond donors (Lipinski definition) is 2. The largest absolute Gasteiger partial charge is 0.491 e. The summed E-state index contributed by atoms with van der Waals surface area (Å²) in [6, 6.07) is 8.18. The van der Waals surface area contributed by atoms with Gasteiger partial charge in [-0.05, 0) is 43.0 Å². The molecular weight excluding hydrogens is 262 g/mol. The van der Waals surface area contributed by atoms with Crippen molar-refractivity contribution in [3.05, 3.63) is 29.8 Å². The maximum absolute atomic E-state index is 10.4. The molecule has 0 aromatic heterocycles. The summed E-state index contributed by atoms with van der Waals surface area (Å²) in [6.07, 6.45) is 5.19. The first kappa shape index (κ1) is 16.3. The number of rotatable bonds is 7. The molecule has 1 aliphatic carbocycles. The summed E-state index contributed by atoms with van der Waals surface area (Å²) in [6.45, 7) is 6.76. The zero-order valence-corrected chi connectivity index (χ0v) is 13.4. The van der Waals surface area contributed by atoms with E-state index in [-0.39, 0.29) is 0 Å². The standard InChI is InChI=1S/C18H29NO2/c1-15(2)12-19-13-16-6-8-17(9-7-16)21-14-18(20)10-4-3-5-11-18/h6-9,15,19-20H,3-5,10-14H2,1-2H3. The average molecular weight is 291 g/mol. The van der Waals surface area contributed by atoms with Gasteiger partial charge in [0.05, 0.1) is 5.60 Å². The van der Waals surface area contributed by atoms with Crippen LogP contribution in [0, 0.1) is 5.92 Å². The fraction of sp³-hybridized carbons (Fsp3) is 0.667. The van der Waals surface area contributed by atoms with E-state index in [0.29, 0.717) is 12.5 Å². The van der Waals surface area contributed by atoms with E-state index in [1.807, 2.05) is 12.1 Å². The molecule has 0 bridgehead atoms. The van der Waals surface area contributed by atoms with Crippen LogP contribution in [0.25, 0.3) is 0 Å². The Balaban J connectivity index is 1.76. The minimum absolute atomic E-state index is 0.415. The molecule has 3 heteroatoms. The molecule has 0 atom stereocenters. The third-order valence-electron chi connectivity index (χ3n) is 4.10. The van der Waals surface area contributed by atoms with Crippen LogP contribution >= 0.6 is 0 Å². The summed E-state index contributed by atoms with van der Waals surface area (Å²) in [5, 5.41) is 13.8. The Morgan fingerprint density at radius 1 is 1.14 bits per heavy atom. The van der Waals surface area contributed by atoms with Crippen LogP contribution in [-0.4, -0.2) is 23.9 Å². The van der Waals surface area contributed by atoms with Gasteiger partial charge in [0.15, 0.2) is 0 Å². The van der Waals surface area contributed by atoms with Gasteiger partial charge in [-0.3, -0.25) is 0 Å². The smallest absolute Gasteiger partial charge is 0.119 e. The molecule has 2 N–H and O–H groups in total. The second-order valence-corrected chi connectivity index (χ2v) is 6.74. The highest BCUT2D eigenvalue weighted by Crippen LogP contribution is 2.28. The van der Waals surface area contributed by atoms with Crippen LogP contribution in [0.5, 0.6) is 5.75 Å². The third kappa shape index (κ3) is 5.68. The molecule has 1 aromatic carbocycles. The van der Waals surface area contributed by atoms with Crippen molar-refractivity contribution in [1.29, 1.82) is 0 Å². The first-order valence-electron chi connectivity index (χ1n) is 8.22. The molecule has 1 saturated carbocycles. The van der Waals surface area contributed by atoms with Crippen LogP contribution in [0.1, 0.15) is 51.5 Å². The Labute approximate surface area is 128 Å². The molecule has 1 aliphatic rings. The molecule has 0 saturated heterocycles. The average Bonchev–Trinajstić information content (AvgIpc) is 2.47. The summed E-state index contributed by atoms with van der Waals surface area (Å²) in [5.41, 5.74) is 0.648. The minimum atomic E-state index is -0.615. The highest BCUT2D eigenvalue weighted by molar-refractivity contribution is 5.27. The van der Waals surface area contributed by atoms with Crippen molar-refractivity contribution in [2.45, 2.75) is 58.1 Å². The fourth-order valence-electron chi connectivity index (χ4n) is 2.78. The van der Waals surface area contributed by atoms with E-state index in [1.54, 1.807) is 0 Å². The second kappa shape index (κ2) is 7.81. The normalized spacial score (nSPS) is 17.9. The van der Waals surface area contributed by atoms with Gasteiger partial charge in [-0.2, -0.15) is 0 Å². The molecule has 0 heterocycles. The molecule has 21 heavy (non-hydrogen) atoms. The van der Waals surface area contributed by atoms with E-state index < -0.39 is 5.60 Å². The first-order valence-corrected chi connectivity index (χ1v) is 8.22. The van der Waals surface area contributed by atoms with E-state index in [4.69, 9.17) is 4.74 Å².